The van der Waals surface area contributed by atoms with Crippen molar-refractivity contribution in [3.8, 4) is 0 Å². The van der Waals surface area contributed by atoms with E-state index in [0.29, 0.717) is 29.8 Å². The molecule has 3 amide bonds. The van der Waals surface area contributed by atoms with E-state index in [9.17, 15) is 19.1 Å². The first-order valence-corrected chi connectivity index (χ1v) is 7.92. The number of carbonyl (C=O) groups is 2. The molecule has 0 spiro atoms. The van der Waals surface area contributed by atoms with E-state index in [1.165, 1.54) is 24.3 Å². The van der Waals surface area contributed by atoms with Crippen molar-refractivity contribution < 1.29 is 19.1 Å². The van der Waals surface area contributed by atoms with Crippen LogP contribution < -0.4 is 16.0 Å². The first kappa shape index (κ1) is 16.9. The van der Waals surface area contributed by atoms with Crippen LogP contribution in [0.1, 0.15) is 23.7 Å². The Hall–Kier alpha value is -2.93. The summed E-state index contributed by atoms with van der Waals surface area (Å²) in [5, 5.41) is 18.0. The van der Waals surface area contributed by atoms with Gasteiger partial charge in [-0.05, 0) is 41.8 Å². The molecule has 2 aromatic carbocycles. The first-order valence-electron chi connectivity index (χ1n) is 7.92. The van der Waals surface area contributed by atoms with E-state index in [1.54, 1.807) is 12.1 Å². The van der Waals surface area contributed by atoms with Crippen LogP contribution in [0.25, 0.3) is 0 Å². The molecule has 2 aromatic rings. The number of rotatable bonds is 4. The molecule has 3 rings (SSSR count). The normalized spacial score (nSPS) is 14.2. The number of carbonyl (C=O) groups excluding carboxylic acids is 2. The number of benzene rings is 2. The van der Waals surface area contributed by atoms with Crippen molar-refractivity contribution in [3.63, 3.8) is 0 Å². The van der Waals surface area contributed by atoms with Crippen LogP contribution in [0.5, 0.6) is 0 Å². The summed E-state index contributed by atoms with van der Waals surface area (Å²) < 4.78 is 12.9. The van der Waals surface area contributed by atoms with Gasteiger partial charge in [-0.1, -0.05) is 18.2 Å². The maximum atomic E-state index is 12.9. The van der Waals surface area contributed by atoms with Crippen molar-refractivity contribution in [3.05, 3.63) is 59.4 Å². The lowest BCUT2D eigenvalue weighted by Crippen LogP contribution is -2.32. The summed E-state index contributed by atoms with van der Waals surface area (Å²) in [6.45, 7) is -0.0147. The Morgan fingerprint density at radius 2 is 1.96 bits per heavy atom. The number of halogens is 1. The highest BCUT2D eigenvalue weighted by atomic mass is 19.1. The number of hydrogen-bond donors (Lipinski definition) is 4. The highest BCUT2D eigenvalue weighted by Crippen LogP contribution is 2.25. The number of nitrogens with one attached hydrogen (secondary N) is 3. The number of anilines is 2. The lowest BCUT2D eigenvalue weighted by Gasteiger charge is -2.18. The lowest BCUT2D eigenvalue weighted by atomic mass is 10.0. The van der Waals surface area contributed by atoms with Gasteiger partial charge < -0.3 is 21.1 Å². The summed E-state index contributed by atoms with van der Waals surface area (Å²) in [5.74, 6) is -0.433. The molecular formula is C18H18FN3O3. The molecule has 0 saturated heterocycles. The van der Waals surface area contributed by atoms with Gasteiger partial charge in [-0.25, -0.2) is 9.18 Å². The van der Waals surface area contributed by atoms with Crippen LogP contribution in [-0.4, -0.2) is 23.6 Å². The number of amides is 3. The maximum Gasteiger partial charge on any atom is 0.319 e. The Kier molecular flexibility index (Phi) is 4.95. The van der Waals surface area contributed by atoms with Crippen molar-refractivity contribution in [1.82, 2.24) is 5.32 Å². The molecule has 0 fully saturated rings. The SMILES string of the molecule is O=C1CCc2ccc(NC(=O)NCC(O)c3ccc(F)cc3)cc2N1. The predicted octanol–water partition coefficient (Wildman–Crippen LogP) is 2.57. The van der Waals surface area contributed by atoms with E-state index in [0.717, 1.165) is 5.56 Å². The number of hydrogen-bond acceptors (Lipinski definition) is 3. The molecule has 7 heteroatoms. The fraction of sp³-hybridized carbons (Fsp3) is 0.222. The molecule has 130 valence electrons. The molecule has 0 aliphatic carbocycles. The number of fused-ring (bicyclic) bond motifs is 1. The van der Waals surface area contributed by atoms with Crippen molar-refractivity contribution in [2.24, 2.45) is 0 Å². The Bertz CT molecular complexity index is 793. The average Bonchev–Trinajstić information content (AvgIpc) is 2.60. The molecule has 0 saturated carbocycles. The van der Waals surface area contributed by atoms with Gasteiger partial charge in [-0.2, -0.15) is 0 Å². The highest BCUT2D eigenvalue weighted by molar-refractivity contribution is 5.96. The van der Waals surface area contributed by atoms with Crippen LogP contribution in [0.15, 0.2) is 42.5 Å². The summed E-state index contributed by atoms with van der Waals surface area (Å²) in [6.07, 6.45) is 0.202. The van der Waals surface area contributed by atoms with Gasteiger partial charge in [0.15, 0.2) is 0 Å². The topological polar surface area (TPSA) is 90.5 Å². The zero-order valence-electron chi connectivity index (χ0n) is 13.4. The van der Waals surface area contributed by atoms with Gasteiger partial charge in [0.05, 0.1) is 6.10 Å². The van der Waals surface area contributed by atoms with Crippen LogP contribution in [0.2, 0.25) is 0 Å². The summed E-state index contributed by atoms with van der Waals surface area (Å²) >= 11 is 0. The van der Waals surface area contributed by atoms with Crippen molar-refractivity contribution >= 4 is 23.3 Å². The van der Waals surface area contributed by atoms with Crippen molar-refractivity contribution in [2.75, 3.05) is 17.2 Å². The number of aliphatic hydroxyl groups excluding tert-OH is 1. The van der Waals surface area contributed by atoms with Crippen LogP contribution in [0.4, 0.5) is 20.6 Å². The second kappa shape index (κ2) is 7.31. The molecule has 1 unspecified atom stereocenters. The van der Waals surface area contributed by atoms with Gasteiger partial charge in [-0.3, -0.25) is 4.79 Å². The molecule has 25 heavy (non-hydrogen) atoms. The Morgan fingerprint density at radius 1 is 1.20 bits per heavy atom. The second-order valence-corrected chi connectivity index (χ2v) is 5.82. The molecule has 1 atom stereocenters. The largest absolute Gasteiger partial charge is 0.387 e. The lowest BCUT2D eigenvalue weighted by molar-refractivity contribution is -0.116. The summed E-state index contributed by atoms with van der Waals surface area (Å²) in [5.41, 5.74) is 2.77. The zero-order valence-corrected chi connectivity index (χ0v) is 13.4. The minimum absolute atomic E-state index is 0.0147. The fourth-order valence-corrected chi connectivity index (χ4v) is 2.62. The number of aryl methyl sites for hydroxylation is 1. The molecule has 0 radical (unpaired) electrons. The maximum absolute atomic E-state index is 12.9. The van der Waals surface area contributed by atoms with Gasteiger partial charge in [-0.15, -0.1) is 0 Å². The number of urea groups is 1. The molecule has 1 aliphatic heterocycles. The second-order valence-electron chi connectivity index (χ2n) is 5.82. The van der Waals surface area contributed by atoms with Crippen LogP contribution >= 0.6 is 0 Å². The Morgan fingerprint density at radius 3 is 2.72 bits per heavy atom. The smallest absolute Gasteiger partial charge is 0.319 e. The van der Waals surface area contributed by atoms with E-state index >= 15 is 0 Å². The zero-order chi connectivity index (χ0) is 17.8. The van der Waals surface area contributed by atoms with Gasteiger partial charge >= 0.3 is 6.03 Å². The first-order chi connectivity index (χ1) is 12.0. The van der Waals surface area contributed by atoms with Crippen LogP contribution in [0.3, 0.4) is 0 Å². The predicted molar refractivity (Wildman–Crippen MR) is 91.8 cm³/mol. The Balaban J connectivity index is 1.55. The fourth-order valence-electron chi connectivity index (χ4n) is 2.62. The summed E-state index contributed by atoms with van der Waals surface area (Å²) in [6, 6.07) is 10.3. The van der Waals surface area contributed by atoms with Crippen molar-refractivity contribution in [2.45, 2.75) is 18.9 Å². The third-order valence-corrected chi connectivity index (χ3v) is 3.97. The molecule has 0 bridgehead atoms. The Labute approximate surface area is 144 Å². The third kappa shape index (κ3) is 4.33. The van der Waals surface area contributed by atoms with E-state index in [2.05, 4.69) is 16.0 Å². The molecule has 1 aliphatic rings. The highest BCUT2D eigenvalue weighted by Gasteiger charge is 2.15. The van der Waals surface area contributed by atoms with Gasteiger partial charge in [0.2, 0.25) is 5.91 Å². The van der Waals surface area contributed by atoms with E-state index in [4.69, 9.17) is 0 Å². The van der Waals surface area contributed by atoms with Crippen molar-refractivity contribution in [1.29, 1.82) is 0 Å². The molecule has 4 N–H and O–H groups in total. The minimum atomic E-state index is -0.936. The van der Waals surface area contributed by atoms with Gasteiger partial charge in [0, 0.05) is 24.3 Å². The quantitative estimate of drug-likeness (QED) is 0.688. The molecular weight excluding hydrogens is 325 g/mol. The molecule has 6 nitrogen and oxygen atoms in total. The summed E-state index contributed by atoms with van der Waals surface area (Å²) in [4.78, 5) is 23.4. The van der Waals surface area contributed by atoms with Gasteiger partial charge in [0.25, 0.3) is 0 Å². The third-order valence-electron chi connectivity index (χ3n) is 3.97. The number of aliphatic hydroxyl groups is 1. The molecule has 1 heterocycles. The summed E-state index contributed by atoms with van der Waals surface area (Å²) in [7, 11) is 0. The monoisotopic (exact) mass is 343 g/mol. The van der Waals surface area contributed by atoms with E-state index in [-0.39, 0.29) is 18.3 Å². The molecule has 0 aromatic heterocycles. The standard InChI is InChI=1S/C18H18FN3O3/c19-13-5-1-12(2-6-13)16(23)10-20-18(25)21-14-7-3-11-4-8-17(24)22-15(11)9-14/h1-3,5-7,9,16,23H,4,8,10H2,(H,22,24)(H2,20,21,25). The average molecular weight is 343 g/mol. The minimum Gasteiger partial charge on any atom is -0.387 e. The van der Waals surface area contributed by atoms with Crippen LogP contribution in [-0.2, 0) is 11.2 Å². The van der Waals surface area contributed by atoms with Crippen LogP contribution in [0, 0.1) is 5.82 Å². The van der Waals surface area contributed by atoms with E-state index in [1.807, 2.05) is 6.07 Å². The van der Waals surface area contributed by atoms with E-state index < -0.39 is 12.1 Å². The van der Waals surface area contributed by atoms with Gasteiger partial charge in [0.1, 0.15) is 5.82 Å².